The van der Waals surface area contributed by atoms with Crippen LogP contribution in [-0.2, 0) is 4.74 Å². The van der Waals surface area contributed by atoms with E-state index in [1.807, 2.05) is 0 Å². The van der Waals surface area contributed by atoms with Crippen LogP contribution >= 0.6 is 0 Å². The second-order valence-electron chi connectivity index (χ2n) is 4.59. The van der Waals surface area contributed by atoms with Crippen molar-refractivity contribution in [3.05, 3.63) is 46.4 Å². The predicted molar refractivity (Wildman–Crippen MR) is 81.8 cm³/mol. The number of hydrogen-bond donors (Lipinski definition) is 3. The lowest BCUT2D eigenvalue weighted by molar-refractivity contribution is 0.0952. The first-order valence-electron chi connectivity index (χ1n) is 6.97. The van der Waals surface area contributed by atoms with E-state index < -0.39 is 11.5 Å². The van der Waals surface area contributed by atoms with Crippen molar-refractivity contribution < 1.29 is 13.9 Å². The molecule has 2 heterocycles. The van der Waals surface area contributed by atoms with Gasteiger partial charge >= 0.3 is 0 Å². The van der Waals surface area contributed by atoms with Crippen molar-refractivity contribution >= 4 is 5.91 Å². The van der Waals surface area contributed by atoms with Gasteiger partial charge in [0.15, 0.2) is 0 Å². The van der Waals surface area contributed by atoms with Crippen LogP contribution in [0.4, 0.5) is 0 Å². The largest absolute Gasteiger partial charge is 0.463 e. The fourth-order valence-electron chi connectivity index (χ4n) is 1.89. The zero-order valence-electron chi connectivity index (χ0n) is 12.3. The SMILES string of the molecule is COCCNCCNC(=O)c1ccc(-c2ccco2)[nH]c1=O. The van der Waals surface area contributed by atoms with Crippen LogP contribution in [0.15, 0.2) is 39.7 Å². The van der Waals surface area contributed by atoms with Gasteiger partial charge in [-0.15, -0.1) is 0 Å². The summed E-state index contributed by atoms with van der Waals surface area (Å²) in [5.74, 6) is 0.146. The van der Waals surface area contributed by atoms with Crippen LogP contribution in [0.5, 0.6) is 0 Å². The third kappa shape index (κ3) is 4.31. The summed E-state index contributed by atoms with van der Waals surface area (Å²) in [5.41, 5.74) is 0.165. The van der Waals surface area contributed by atoms with Gasteiger partial charge in [-0.05, 0) is 24.3 Å². The molecular formula is C15H19N3O4. The Balaban J connectivity index is 1.89. The summed E-state index contributed by atoms with van der Waals surface area (Å²) >= 11 is 0. The van der Waals surface area contributed by atoms with E-state index in [9.17, 15) is 9.59 Å². The molecule has 0 aliphatic rings. The first-order chi connectivity index (χ1) is 10.7. The molecule has 2 aromatic rings. The quantitative estimate of drug-likeness (QED) is 0.621. The Hall–Kier alpha value is -2.38. The summed E-state index contributed by atoms with van der Waals surface area (Å²) in [7, 11) is 1.63. The number of aromatic nitrogens is 1. The molecule has 0 aliphatic heterocycles. The van der Waals surface area contributed by atoms with Crippen LogP contribution < -0.4 is 16.2 Å². The van der Waals surface area contributed by atoms with Gasteiger partial charge in [0.2, 0.25) is 0 Å². The molecule has 7 nitrogen and oxygen atoms in total. The molecule has 0 saturated heterocycles. The van der Waals surface area contributed by atoms with Gasteiger partial charge in [0.05, 0.1) is 18.6 Å². The van der Waals surface area contributed by atoms with Crippen molar-refractivity contribution in [2.24, 2.45) is 0 Å². The molecule has 0 radical (unpaired) electrons. The lowest BCUT2D eigenvalue weighted by Gasteiger charge is -2.06. The van der Waals surface area contributed by atoms with Crippen molar-refractivity contribution in [3.63, 3.8) is 0 Å². The number of amides is 1. The zero-order valence-corrected chi connectivity index (χ0v) is 12.3. The molecule has 0 bridgehead atoms. The molecule has 1 amide bonds. The van der Waals surface area contributed by atoms with E-state index in [2.05, 4.69) is 15.6 Å². The van der Waals surface area contributed by atoms with E-state index in [1.54, 1.807) is 25.3 Å². The Bertz CT molecular complexity index is 649. The predicted octanol–water partition coefficient (Wildman–Crippen LogP) is 0.601. The second-order valence-corrected chi connectivity index (χ2v) is 4.59. The van der Waals surface area contributed by atoms with E-state index in [-0.39, 0.29) is 5.56 Å². The summed E-state index contributed by atoms with van der Waals surface area (Å²) in [5, 5.41) is 5.78. The minimum Gasteiger partial charge on any atom is -0.463 e. The van der Waals surface area contributed by atoms with Gasteiger partial charge in [-0.25, -0.2) is 0 Å². The number of ether oxygens (including phenoxy) is 1. The molecule has 2 rings (SSSR count). The first kappa shape index (κ1) is 16.0. The Morgan fingerprint density at radius 3 is 2.82 bits per heavy atom. The second kappa shape index (κ2) is 8.16. The van der Waals surface area contributed by atoms with Crippen molar-refractivity contribution in [3.8, 4) is 11.5 Å². The molecule has 2 aromatic heterocycles. The van der Waals surface area contributed by atoms with Crippen LogP contribution in [0.1, 0.15) is 10.4 Å². The number of furan rings is 1. The van der Waals surface area contributed by atoms with E-state index in [0.29, 0.717) is 37.7 Å². The van der Waals surface area contributed by atoms with Gasteiger partial charge < -0.3 is 24.8 Å². The van der Waals surface area contributed by atoms with Gasteiger partial charge in [-0.2, -0.15) is 0 Å². The van der Waals surface area contributed by atoms with Crippen molar-refractivity contribution in [2.75, 3.05) is 33.4 Å². The van der Waals surface area contributed by atoms with E-state index in [4.69, 9.17) is 9.15 Å². The third-order valence-corrected chi connectivity index (χ3v) is 3.01. The van der Waals surface area contributed by atoms with Gasteiger partial charge in [-0.1, -0.05) is 0 Å². The highest BCUT2D eigenvalue weighted by Crippen LogP contribution is 2.15. The van der Waals surface area contributed by atoms with Crippen LogP contribution in [0.3, 0.4) is 0 Å². The lowest BCUT2D eigenvalue weighted by Crippen LogP contribution is -2.35. The van der Waals surface area contributed by atoms with Crippen LogP contribution in [0.2, 0.25) is 0 Å². The minimum absolute atomic E-state index is 0.0761. The average Bonchev–Trinajstić information content (AvgIpc) is 3.04. The maximum absolute atomic E-state index is 12.0. The number of aromatic amines is 1. The van der Waals surface area contributed by atoms with Crippen molar-refractivity contribution in [2.45, 2.75) is 0 Å². The zero-order chi connectivity index (χ0) is 15.8. The maximum atomic E-state index is 12.0. The molecule has 0 unspecified atom stereocenters. The number of rotatable bonds is 8. The molecule has 118 valence electrons. The topological polar surface area (TPSA) is 96.4 Å². The number of methoxy groups -OCH3 is 1. The van der Waals surface area contributed by atoms with Crippen LogP contribution in [-0.4, -0.2) is 44.2 Å². The highest BCUT2D eigenvalue weighted by atomic mass is 16.5. The summed E-state index contributed by atoms with van der Waals surface area (Å²) in [6.07, 6.45) is 1.52. The van der Waals surface area contributed by atoms with Gasteiger partial charge in [0, 0.05) is 26.7 Å². The molecule has 22 heavy (non-hydrogen) atoms. The van der Waals surface area contributed by atoms with Gasteiger partial charge in [-0.3, -0.25) is 9.59 Å². The van der Waals surface area contributed by atoms with Crippen LogP contribution in [0, 0.1) is 0 Å². The van der Waals surface area contributed by atoms with E-state index in [0.717, 1.165) is 0 Å². The summed E-state index contributed by atoms with van der Waals surface area (Å²) < 4.78 is 10.1. The highest BCUT2D eigenvalue weighted by Gasteiger charge is 2.11. The van der Waals surface area contributed by atoms with E-state index in [1.165, 1.54) is 12.3 Å². The standard InChI is InChI=1S/C15H19N3O4/c1-21-10-8-16-6-7-17-14(19)11-4-5-12(18-15(11)20)13-3-2-9-22-13/h2-5,9,16H,6-8,10H2,1H3,(H,17,19)(H,18,20). The molecule has 0 atom stereocenters. The summed E-state index contributed by atoms with van der Waals surface area (Å²) in [4.78, 5) is 26.5. The number of carbonyl (C=O) groups excluding carboxylic acids is 1. The van der Waals surface area contributed by atoms with Crippen molar-refractivity contribution in [1.29, 1.82) is 0 Å². The number of nitrogens with one attached hydrogen (secondary N) is 3. The Morgan fingerprint density at radius 1 is 1.27 bits per heavy atom. The molecule has 7 heteroatoms. The molecule has 0 saturated carbocycles. The summed E-state index contributed by atoms with van der Waals surface area (Å²) in [6.45, 7) is 2.37. The van der Waals surface area contributed by atoms with Gasteiger partial charge in [0.1, 0.15) is 11.3 Å². The molecular weight excluding hydrogens is 286 g/mol. The highest BCUT2D eigenvalue weighted by molar-refractivity contribution is 5.94. The molecule has 3 N–H and O–H groups in total. The van der Waals surface area contributed by atoms with E-state index >= 15 is 0 Å². The minimum atomic E-state index is -0.446. The number of pyridine rings is 1. The monoisotopic (exact) mass is 305 g/mol. The molecule has 0 aliphatic carbocycles. The van der Waals surface area contributed by atoms with Gasteiger partial charge in [0.25, 0.3) is 11.5 Å². The fraction of sp³-hybridized carbons (Fsp3) is 0.333. The normalized spacial score (nSPS) is 10.6. The maximum Gasteiger partial charge on any atom is 0.261 e. The average molecular weight is 305 g/mol. The summed E-state index contributed by atoms with van der Waals surface area (Å²) in [6, 6.07) is 6.60. The third-order valence-electron chi connectivity index (χ3n) is 3.01. The van der Waals surface area contributed by atoms with Crippen molar-refractivity contribution in [1.82, 2.24) is 15.6 Å². The Labute approximate surface area is 127 Å². The number of carbonyl (C=O) groups is 1. The smallest absolute Gasteiger partial charge is 0.261 e. The Kier molecular flexibility index (Phi) is 5.93. The molecule has 0 spiro atoms. The molecule has 0 fully saturated rings. The number of hydrogen-bond acceptors (Lipinski definition) is 5. The number of H-pyrrole nitrogens is 1. The Morgan fingerprint density at radius 2 is 2.14 bits per heavy atom. The first-order valence-corrected chi connectivity index (χ1v) is 6.97. The molecule has 0 aromatic carbocycles. The lowest BCUT2D eigenvalue weighted by atomic mass is 10.2. The fourth-order valence-corrected chi connectivity index (χ4v) is 1.89. The van der Waals surface area contributed by atoms with Crippen LogP contribution in [0.25, 0.3) is 11.5 Å².